The SMILES string of the molecule is CC(C)OC(=O)[C@H](C)N[P@](=O)(OC[C@H]1[C@H](C)[C@@H](n2cnc3c(N)nc(N)nc32)[C@](C)(O)[C@@H]1O)Oc1ccccc1. The molecular formula is C25H36N7O7P. The number of nitrogens with zero attached hydrogens (tertiary/aromatic N) is 4. The molecule has 15 heteroatoms. The first kappa shape index (κ1) is 29.7. The van der Waals surface area contributed by atoms with Gasteiger partial charge in [0.15, 0.2) is 11.5 Å². The van der Waals surface area contributed by atoms with E-state index < -0.39 is 49.3 Å². The Kier molecular flexibility index (Phi) is 8.38. The van der Waals surface area contributed by atoms with Crippen LogP contribution < -0.4 is 21.1 Å². The number of rotatable bonds is 10. The molecule has 218 valence electrons. The number of fused-ring (bicyclic) bond motifs is 1. The summed E-state index contributed by atoms with van der Waals surface area (Å²) in [5.74, 6) is -1.54. The van der Waals surface area contributed by atoms with Gasteiger partial charge in [0.25, 0.3) is 0 Å². The first-order valence-electron chi connectivity index (χ1n) is 12.9. The minimum atomic E-state index is -4.19. The van der Waals surface area contributed by atoms with Crippen LogP contribution in [0.2, 0.25) is 0 Å². The summed E-state index contributed by atoms with van der Waals surface area (Å²) in [6.07, 6.45) is -0.237. The minimum absolute atomic E-state index is 0.0624. The Hall–Kier alpha value is -3.29. The number of carbonyl (C=O) groups excluding carboxylic acids is 1. The zero-order valence-corrected chi connectivity index (χ0v) is 23.9. The second kappa shape index (κ2) is 11.3. The van der Waals surface area contributed by atoms with Crippen molar-refractivity contribution in [1.82, 2.24) is 24.6 Å². The van der Waals surface area contributed by atoms with Gasteiger partial charge in [-0.3, -0.25) is 9.32 Å². The van der Waals surface area contributed by atoms with E-state index in [1.54, 1.807) is 48.7 Å². The van der Waals surface area contributed by atoms with Gasteiger partial charge in [0.1, 0.15) is 22.9 Å². The summed E-state index contributed by atoms with van der Waals surface area (Å²) in [6.45, 7) is 7.88. The summed E-state index contributed by atoms with van der Waals surface area (Å²) in [5, 5.41) is 25.3. The number of nitrogens with two attached hydrogens (primary N) is 2. The lowest BCUT2D eigenvalue weighted by Crippen LogP contribution is -2.43. The standard InChI is InChI=1S/C25H36N7O7P/c1-13(2)38-23(34)15(4)31-40(36,39-16-9-7-6-8-10-16)37-11-17-14(3)19(25(5,35)20(17)33)32-12-28-18-21(26)29-24(27)30-22(18)32/h6-10,12-15,17,19-20,33,35H,11H2,1-5H3,(H,31,36)(H4,26,27,29,30)/t14-,15-,17-,19+,20+,25-,40-/m0/s1. The van der Waals surface area contributed by atoms with Crippen LogP contribution in [0.5, 0.6) is 5.75 Å². The molecule has 1 aliphatic carbocycles. The number of benzene rings is 1. The maximum atomic E-state index is 13.9. The molecule has 1 fully saturated rings. The molecule has 0 spiro atoms. The van der Waals surface area contributed by atoms with Crippen LogP contribution in [-0.4, -0.2) is 66.2 Å². The van der Waals surface area contributed by atoms with Gasteiger partial charge in [0.2, 0.25) is 5.95 Å². The number of aliphatic hydroxyl groups excluding tert-OH is 1. The summed E-state index contributed by atoms with van der Waals surface area (Å²) in [5.41, 5.74) is 10.7. The summed E-state index contributed by atoms with van der Waals surface area (Å²) >= 11 is 0. The van der Waals surface area contributed by atoms with Crippen LogP contribution in [-0.2, 0) is 18.6 Å². The quantitative estimate of drug-likeness (QED) is 0.173. The Morgan fingerprint density at radius 1 is 1.23 bits per heavy atom. The van der Waals surface area contributed by atoms with Gasteiger partial charge in [-0.15, -0.1) is 0 Å². The monoisotopic (exact) mass is 577 g/mol. The topological polar surface area (TPSA) is 210 Å². The van der Waals surface area contributed by atoms with E-state index in [2.05, 4.69) is 20.0 Å². The number of imidazole rings is 1. The number of para-hydroxylation sites is 1. The highest BCUT2D eigenvalue weighted by atomic mass is 31.2. The van der Waals surface area contributed by atoms with Crippen molar-refractivity contribution < 1.29 is 33.4 Å². The highest BCUT2D eigenvalue weighted by molar-refractivity contribution is 7.52. The summed E-state index contributed by atoms with van der Waals surface area (Å²) in [4.78, 5) is 24.9. The van der Waals surface area contributed by atoms with Gasteiger partial charge in [-0.2, -0.15) is 15.1 Å². The molecule has 4 rings (SSSR count). The maximum Gasteiger partial charge on any atom is 0.459 e. The average molecular weight is 578 g/mol. The Morgan fingerprint density at radius 2 is 1.90 bits per heavy atom. The molecule has 0 radical (unpaired) electrons. The van der Waals surface area contributed by atoms with Gasteiger partial charge in [-0.05, 0) is 45.7 Å². The van der Waals surface area contributed by atoms with Gasteiger partial charge >= 0.3 is 13.7 Å². The van der Waals surface area contributed by atoms with E-state index in [9.17, 15) is 19.6 Å². The average Bonchev–Trinajstić information content (AvgIpc) is 3.33. The summed E-state index contributed by atoms with van der Waals surface area (Å²) < 4.78 is 32.2. The van der Waals surface area contributed by atoms with Crippen molar-refractivity contribution in [2.24, 2.45) is 11.8 Å². The molecule has 3 aromatic rings. The van der Waals surface area contributed by atoms with Crippen molar-refractivity contribution in [2.45, 2.75) is 64.5 Å². The molecule has 0 amide bonds. The van der Waals surface area contributed by atoms with Gasteiger partial charge in [0, 0.05) is 5.92 Å². The fraction of sp³-hybridized carbons (Fsp3) is 0.520. The van der Waals surface area contributed by atoms with Crippen LogP contribution in [0.4, 0.5) is 11.8 Å². The summed E-state index contributed by atoms with van der Waals surface area (Å²) in [7, 11) is -4.19. The van der Waals surface area contributed by atoms with Gasteiger partial charge < -0.3 is 35.5 Å². The molecule has 0 unspecified atom stereocenters. The van der Waals surface area contributed by atoms with Crippen LogP contribution in [0.25, 0.3) is 11.2 Å². The molecule has 7 N–H and O–H groups in total. The van der Waals surface area contributed by atoms with Crippen LogP contribution >= 0.6 is 7.75 Å². The number of anilines is 2. The lowest BCUT2D eigenvalue weighted by atomic mass is 9.94. The first-order valence-corrected chi connectivity index (χ1v) is 14.4. The maximum absolute atomic E-state index is 13.9. The molecule has 2 aromatic heterocycles. The predicted octanol–water partition coefficient (Wildman–Crippen LogP) is 2.04. The van der Waals surface area contributed by atoms with E-state index in [-0.39, 0.29) is 30.2 Å². The van der Waals surface area contributed by atoms with Crippen molar-refractivity contribution >= 4 is 36.6 Å². The fourth-order valence-corrected chi connectivity index (χ4v) is 6.65. The van der Waals surface area contributed by atoms with Crippen molar-refractivity contribution in [2.75, 3.05) is 18.1 Å². The number of hydrogen-bond donors (Lipinski definition) is 5. The van der Waals surface area contributed by atoms with E-state index in [0.717, 1.165) is 0 Å². The van der Waals surface area contributed by atoms with Crippen molar-refractivity contribution in [3.8, 4) is 5.75 Å². The number of hydrogen-bond acceptors (Lipinski definition) is 12. The van der Waals surface area contributed by atoms with E-state index in [4.69, 9.17) is 25.3 Å². The molecule has 7 atom stereocenters. The number of aliphatic hydroxyl groups is 2. The van der Waals surface area contributed by atoms with Gasteiger partial charge in [-0.1, -0.05) is 25.1 Å². The number of nitrogens with one attached hydrogen (secondary N) is 1. The normalized spacial score (nSPS) is 27.0. The molecule has 1 aliphatic rings. The minimum Gasteiger partial charge on any atom is -0.462 e. The van der Waals surface area contributed by atoms with Gasteiger partial charge in [0.05, 0.1) is 31.2 Å². The van der Waals surface area contributed by atoms with Crippen LogP contribution in [0.15, 0.2) is 36.7 Å². The van der Waals surface area contributed by atoms with E-state index >= 15 is 0 Å². The number of esters is 1. The van der Waals surface area contributed by atoms with E-state index in [0.29, 0.717) is 11.2 Å². The van der Waals surface area contributed by atoms with Crippen molar-refractivity contribution in [3.63, 3.8) is 0 Å². The molecule has 0 saturated heterocycles. The third-order valence-corrected chi connectivity index (χ3v) is 8.65. The fourth-order valence-electron chi connectivity index (χ4n) is 5.12. The smallest absolute Gasteiger partial charge is 0.459 e. The third kappa shape index (κ3) is 5.91. The molecule has 1 aromatic carbocycles. The molecule has 1 saturated carbocycles. The van der Waals surface area contributed by atoms with Crippen molar-refractivity contribution in [1.29, 1.82) is 0 Å². The molecule has 40 heavy (non-hydrogen) atoms. The highest BCUT2D eigenvalue weighted by Gasteiger charge is 2.57. The van der Waals surface area contributed by atoms with Crippen LogP contribution in [0.1, 0.15) is 40.7 Å². The number of aromatic nitrogens is 4. The predicted molar refractivity (Wildman–Crippen MR) is 147 cm³/mol. The largest absolute Gasteiger partial charge is 0.462 e. The second-order valence-corrected chi connectivity index (χ2v) is 12.2. The van der Waals surface area contributed by atoms with Crippen LogP contribution in [0, 0.1) is 11.8 Å². The number of nitrogen functional groups attached to an aromatic ring is 2. The first-order chi connectivity index (χ1) is 18.7. The molecule has 0 bridgehead atoms. The van der Waals surface area contributed by atoms with E-state index in [1.165, 1.54) is 20.2 Å². The zero-order valence-electron chi connectivity index (χ0n) is 23.0. The van der Waals surface area contributed by atoms with Gasteiger partial charge in [-0.25, -0.2) is 9.55 Å². The lowest BCUT2D eigenvalue weighted by Gasteiger charge is -2.31. The number of ether oxygens (including phenoxy) is 1. The van der Waals surface area contributed by atoms with Crippen molar-refractivity contribution in [3.05, 3.63) is 36.7 Å². The second-order valence-electron chi connectivity index (χ2n) is 10.5. The van der Waals surface area contributed by atoms with E-state index in [1.807, 2.05) is 6.92 Å². The molecular weight excluding hydrogens is 541 g/mol. The Labute approximate surface area is 231 Å². The third-order valence-electron chi connectivity index (χ3n) is 7.00. The van der Waals surface area contributed by atoms with Crippen LogP contribution in [0.3, 0.4) is 0 Å². The Bertz CT molecular complexity index is 1400. The Balaban J connectivity index is 1.60. The number of carbonyl (C=O) groups is 1. The highest BCUT2D eigenvalue weighted by Crippen LogP contribution is 2.51. The summed E-state index contributed by atoms with van der Waals surface area (Å²) in [6, 6.07) is 6.56. The molecule has 14 nitrogen and oxygen atoms in total. The molecule has 0 aliphatic heterocycles. The molecule has 2 heterocycles. The lowest BCUT2D eigenvalue weighted by molar-refractivity contribution is -0.149. The Morgan fingerprint density at radius 3 is 2.55 bits per heavy atom. The zero-order chi connectivity index (χ0) is 29.4.